The number of hydrogen-bond donors (Lipinski definition) is 0. The van der Waals surface area contributed by atoms with Gasteiger partial charge in [0, 0.05) is 45.1 Å². The summed E-state index contributed by atoms with van der Waals surface area (Å²) >= 11 is 0. The van der Waals surface area contributed by atoms with Crippen LogP contribution >= 0.6 is 0 Å². The average Bonchev–Trinajstić information content (AvgIpc) is 3.56. The van der Waals surface area contributed by atoms with Gasteiger partial charge in [0.25, 0.3) is 0 Å². The maximum Gasteiger partial charge on any atom is 0.0345 e. The van der Waals surface area contributed by atoms with Crippen LogP contribution in [0.25, 0.3) is 21.8 Å². The van der Waals surface area contributed by atoms with Crippen LogP contribution in [-0.4, -0.2) is 0 Å². The Hall–Kier alpha value is -3.76. The van der Waals surface area contributed by atoms with Gasteiger partial charge in [-0.15, -0.1) is 17.7 Å². The van der Waals surface area contributed by atoms with Crippen molar-refractivity contribution in [3.8, 4) is 0 Å². The molecule has 1 aromatic heterocycles. The SMILES string of the molecule is CC(C)(C)c1cccc(N2[CH-]N(c3cccc(C(C)(C)C)c3)c3ccccc32)c1.[Au].c1ccc2c(c1)[n-]c1ccccc12. The van der Waals surface area contributed by atoms with E-state index in [1.54, 1.807) is 0 Å². The van der Waals surface area contributed by atoms with E-state index in [1.807, 2.05) is 12.1 Å². The van der Waals surface area contributed by atoms with Gasteiger partial charge in [0.15, 0.2) is 0 Å². The van der Waals surface area contributed by atoms with Crippen LogP contribution in [-0.2, 0) is 33.2 Å². The summed E-state index contributed by atoms with van der Waals surface area (Å²) in [6.45, 7) is 15.8. The zero-order chi connectivity index (χ0) is 29.5. The minimum absolute atomic E-state index is 0. The molecule has 43 heavy (non-hydrogen) atoms. The quantitative estimate of drug-likeness (QED) is 0.130. The molecule has 0 aliphatic carbocycles. The van der Waals surface area contributed by atoms with Gasteiger partial charge in [-0.3, -0.25) is 0 Å². The van der Waals surface area contributed by atoms with E-state index in [9.17, 15) is 0 Å². The topological polar surface area (TPSA) is 20.6 Å². The number of aromatic nitrogens is 1. The van der Waals surface area contributed by atoms with Crippen LogP contribution in [0.1, 0.15) is 52.7 Å². The maximum absolute atomic E-state index is 4.52. The molecule has 5 aromatic carbocycles. The van der Waals surface area contributed by atoms with Crippen LogP contribution in [0.2, 0.25) is 0 Å². The predicted octanol–water partition coefficient (Wildman–Crippen LogP) is 10.6. The summed E-state index contributed by atoms with van der Waals surface area (Å²) in [4.78, 5) is 9.12. The van der Waals surface area contributed by atoms with Crippen molar-refractivity contribution in [1.82, 2.24) is 4.98 Å². The van der Waals surface area contributed by atoms with E-state index < -0.39 is 0 Å². The molecule has 0 saturated heterocycles. The number of nitrogens with zero attached hydrogens (tertiary/aromatic N) is 3. The fourth-order valence-electron chi connectivity index (χ4n) is 5.50. The molecule has 0 bridgehead atoms. The van der Waals surface area contributed by atoms with Crippen molar-refractivity contribution in [1.29, 1.82) is 0 Å². The Bertz CT molecular complexity index is 1720. The first-order valence-corrected chi connectivity index (χ1v) is 14.7. The van der Waals surface area contributed by atoms with Crippen LogP contribution in [0.15, 0.2) is 121 Å². The summed E-state index contributed by atoms with van der Waals surface area (Å²) in [5.41, 5.74) is 9.90. The predicted molar refractivity (Wildman–Crippen MR) is 180 cm³/mol. The van der Waals surface area contributed by atoms with Gasteiger partial charge in [0.05, 0.1) is 0 Å². The van der Waals surface area contributed by atoms with Crippen LogP contribution in [0, 0.1) is 6.67 Å². The normalized spacial score (nSPS) is 13.0. The van der Waals surface area contributed by atoms with E-state index in [-0.39, 0.29) is 33.2 Å². The van der Waals surface area contributed by atoms with E-state index in [2.05, 4.69) is 172 Å². The molecule has 0 atom stereocenters. The Morgan fingerprint density at radius 2 is 0.884 bits per heavy atom. The average molecular weight is 747 g/mol. The van der Waals surface area contributed by atoms with Gasteiger partial charge in [-0.2, -0.15) is 0 Å². The molecule has 1 aliphatic heterocycles. The number of hydrogen-bond acceptors (Lipinski definition) is 2. The standard InChI is InChI=1S/C27H31N2.C12H8N.Au/c1-26(2,3)20-11-9-13-22(17-20)28-19-29(25-16-8-7-15-24(25)28)23-14-10-12-21(18-23)27(4,5)6;1-3-7-11-9(5-1)10-6-2-4-8-12(10)13-11;/h7-19H,1-6H3;1-8H;/q2*-1;. The molecular formula is C39H39AuN3-2. The zero-order valence-electron chi connectivity index (χ0n) is 25.8. The van der Waals surface area contributed by atoms with E-state index in [0.29, 0.717) is 0 Å². The van der Waals surface area contributed by atoms with E-state index >= 15 is 0 Å². The van der Waals surface area contributed by atoms with Gasteiger partial charge < -0.3 is 14.8 Å². The molecule has 1 aliphatic rings. The van der Waals surface area contributed by atoms with E-state index in [0.717, 1.165) is 11.0 Å². The minimum atomic E-state index is 0. The third-order valence-electron chi connectivity index (χ3n) is 7.95. The second kappa shape index (κ2) is 12.1. The first-order valence-electron chi connectivity index (χ1n) is 14.7. The zero-order valence-corrected chi connectivity index (χ0v) is 27.9. The fourth-order valence-corrected chi connectivity index (χ4v) is 5.50. The fraction of sp³-hybridized carbons (Fsp3) is 0.205. The molecule has 3 nitrogen and oxygen atoms in total. The van der Waals surface area contributed by atoms with E-state index in [4.69, 9.17) is 0 Å². The number of rotatable bonds is 2. The Labute approximate surface area is 272 Å². The van der Waals surface area contributed by atoms with Gasteiger partial charge in [-0.25, -0.2) is 0 Å². The van der Waals surface area contributed by atoms with Crippen LogP contribution in [0.5, 0.6) is 0 Å². The summed E-state index contributed by atoms with van der Waals surface area (Å²) in [6.07, 6.45) is 0. The van der Waals surface area contributed by atoms with Crippen molar-refractivity contribution in [3.05, 3.63) is 139 Å². The van der Waals surface area contributed by atoms with Crippen molar-refractivity contribution >= 4 is 44.6 Å². The van der Waals surface area contributed by atoms with Gasteiger partial charge in [-0.1, -0.05) is 126 Å². The molecule has 0 N–H and O–H groups in total. The molecule has 6 aromatic rings. The van der Waals surface area contributed by atoms with E-state index in [1.165, 1.54) is 44.6 Å². The smallest absolute Gasteiger partial charge is 0.0345 e. The summed E-state index contributed by atoms with van der Waals surface area (Å²) < 4.78 is 0. The largest absolute Gasteiger partial charge is 0.657 e. The first-order chi connectivity index (χ1) is 20.1. The Kier molecular flexibility index (Phi) is 8.63. The molecule has 0 spiro atoms. The summed E-state index contributed by atoms with van der Waals surface area (Å²) in [6, 6.07) is 42.9. The van der Waals surface area contributed by atoms with Gasteiger partial charge in [0.2, 0.25) is 0 Å². The van der Waals surface area contributed by atoms with Crippen molar-refractivity contribution in [2.24, 2.45) is 0 Å². The summed E-state index contributed by atoms with van der Waals surface area (Å²) in [5.74, 6) is 0. The summed E-state index contributed by atoms with van der Waals surface area (Å²) in [7, 11) is 0. The first kappa shape index (κ1) is 30.7. The van der Waals surface area contributed by atoms with Gasteiger partial charge in [0.1, 0.15) is 0 Å². The maximum atomic E-state index is 4.52. The number of para-hydroxylation sites is 4. The molecule has 0 saturated carbocycles. The van der Waals surface area contributed by atoms with Crippen LogP contribution in [0.3, 0.4) is 0 Å². The summed E-state index contributed by atoms with van der Waals surface area (Å²) in [5, 5.41) is 2.50. The van der Waals surface area contributed by atoms with Crippen molar-refractivity contribution in [2.45, 2.75) is 52.4 Å². The number of benzene rings is 5. The Balaban J connectivity index is 0.000000218. The molecule has 1 radical (unpaired) electrons. The van der Waals surface area contributed by atoms with Crippen LogP contribution in [0.4, 0.5) is 22.7 Å². The second-order valence-electron chi connectivity index (χ2n) is 13.1. The number of fused-ring (bicyclic) bond motifs is 4. The van der Waals surface area contributed by atoms with Crippen LogP contribution < -0.4 is 14.8 Å². The van der Waals surface area contributed by atoms with Gasteiger partial charge >= 0.3 is 0 Å². The van der Waals surface area contributed by atoms with Crippen molar-refractivity contribution in [3.63, 3.8) is 0 Å². The van der Waals surface area contributed by atoms with Crippen molar-refractivity contribution in [2.75, 3.05) is 9.80 Å². The molecule has 0 fully saturated rings. The number of anilines is 4. The third-order valence-corrected chi connectivity index (χ3v) is 7.95. The third kappa shape index (κ3) is 6.31. The molecular weight excluding hydrogens is 707 g/mol. The monoisotopic (exact) mass is 746 g/mol. The minimum Gasteiger partial charge on any atom is -0.657 e. The Morgan fingerprint density at radius 3 is 1.30 bits per heavy atom. The molecule has 7 rings (SSSR count). The van der Waals surface area contributed by atoms with Crippen molar-refractivity contribution < 1.29 is 22.4 Å². The molecule has 4 heteroatoms. The molecule has 2 heterocycles. The Morgan fingerprint density at radius 1 is 0.488 bits per heavy atom. The van der Waals surface area contributed by atoms with Gasteiger partial charge in [-0.05, 0) is 69.1 Å². The molecule has 223 valence electrons. The molecule has 0 amide bonds. The molecule has 0 unspecified atom stereocenters. The second-order valence-corrected chi connectivity index (χ2v) is 13.1.